The molecule has 1 heterocycles. The lowest BCUT2D eigenvalue weighted by molar-refractivity contribution is 0.494. The largest absolute Gasteiger partial charge is 0.370 e. The number of rotatable bonds is 3. The molecule has 1 saturated heterocycles. The van der Waals surface area contributed by atoms with Crippen molar-refractivity contribution in [3.63, 3.8) is 0 Å². The first kappa shape index (κ1) is 19.2. The summed E-state index contributed by atoms with van der Waals surface area (Å²) >= 11 is 0. The molecular formula is C15H24IN3O2S. The summed E-state index contributed by atoms with van der Waals surface area (Å²) < 4.78 is 23.1. The van der Waals surface area contributed by atoms with Gasteiger partial charge in [0.2, 0.25) is 0 Å². The SMILES string of the molecule is Cc1ccc(NC(N)=NCC2CCCS(=O)(=O)C2)cc1C.I. The van der Waals surface area contributed by atoms with Gasteiger partial charge in [-0.3, -0.25) is 4.99 Å². The summed E-state index contributed by atoms with van der Waals surface area (Å²) in [5.74, 6) is 0.960. The standard InChI is InChI=1S/C15H23N3O2S.HI/c1-11-5-6-14(8-12(11)2)18-15(16)17-9-13-4-3-7-21(19,20)10-13;/h5-6,8,13H,3-4,7,9-10H2,1-2H3,(H3,16,17,18);1H. The molecule has 1 aromatic carbocycles. The fourth-order valence-electron chi connectivity index (χ4n) is 2.50. The quantitative estimate of drug-likeness (QED) is 0.432. The van der Waals surface area contributed by atoms with Gasteiger partial charge in [0.15, 0.2) is 15.8 Å². The normalized spacial score (nSPS) is 21.0. The van der Waals surface area contributed by atoms with Crippen molar-refractivity contribution in [2.75, 3.05) is 23.4 Å². The van der Waals surface area contributed by atoms with Crippen LogP contribution in [0.1, 0.15) is 24.0 Å². The molecule has 1 fully saturated rings. The molecule has 1 aromatic rings. The molecule has 7 heteroatoms. The van der Waals surface area contributed by atoms with E-state index in [1.165, 1.54) is 11.1 Å². The summed E-state index contributed by atoms with van der Waals surface area (Å²) in [6.45, 7) is 4.56. The van der Waals surface area contributed by atoms with Gasteiger partial charge in [0.05, 0.1) is 11.5 Å². The number of aryl methyl sites for hydroxylation is 2. The Bertz CT molecular complexity index is 644. The van der Waals surface area contributed by atoms with Crippen LogP contribution in [0.4, 0.5) is 5.69 Å². The molecule has 1 atom stereocenters. The average molecular weight is 437 g/mol. The molecule has 0 aromatic heterocycles. The first-order valence-corrected chi connectivity index (χ1v) is 9.02. The number of guanidine groups is 1. The number of nitrogens with zero attached hydrogens (tertiary/aromatic N) is 1. The van der Waals surface area contributed by atoms with Crippen LogP contribution in [0.25, 0.3) is 0 Å². The van der Waals surface area contributed by atoms with Gasteiger partial charge < -0.3 is 11.1 Å². The minimum atomic E-state index is -2.88. The lowest BCUT2D eigenvalue weighted by atomic mass is 10.1. The minimum Gasteiger partial charge on any atom is -0.370 e. The number of aliphatic imine (C=N–C) groups is 1. The average Bonchev–Trinajstić information content (AvgIpc) is 2.40. The molecule has 1 aliphatic rings. The summed E-state index contributed by atoms with van der Waals surface area (Å²) in [4.78, 5) is 4.28. The fourth-order valence-corrected chi connectivity index (χ4v) is 4.26. The van der Waals surface area contributed by atoms with Crippen molar-refractivity contribution < 1.29 is 8.42 Å². The van der Waals surface area contributed by atoms with Crippen LogP contribution in [0, 0.1) is 19.8 Å². The first-order chi connectivity index (χ1) is 9.85. The van der Waals surface area contributed by atoms with Crippen molar-refractivity contribution in [1.82, 2.24) is 0 Å². The van der Waals surface area contributed by atoms with E-state index in [9.17, 15) is 8.42 Å². The second-order valence-corrected chi connectivity index (χ2v) is 8.00. The Kier molecular flexibility index (Phi) is 7.11. The predicted octanol–water partition coefficient (Wildman–Crippen LogP) is 2.47. The summed E-state index contributed by atoms with van der Waals surface area (Å²) in [6, 6.07) is 6.00. The van der Waals surface area contributed by atoms with E-state index >= 15 is 0 Å². The topological polar surface area (TPSA) is 84.5 Å². The Balaban J connectivity index is 0.00000242. The van der Waals surface area contributed by atoms with Gasteiger partial charge in [0, 0.05) is 12.2 Å². The van der Waals surface area contributed by atoms with E-state index in [1.54, 1.807) is 0 Å². The maximum Gasteiger partial charge on any atom is 0.193 e. The third-order valence-corrected chi connectivity index (χ3v) is 5.75. The zero-order valence-electron chi connectivity index (χ0n) is 13.0. The highest BCUT2D eigenvalue weighted by molar-refractivity contribution is 14.0. The number of sulfone groups is 1. The lowest BCUT2D eigenvalue weighted by Crippen LogP contribution is -2.29. The predicted molar refractivity (Wildman–Crippen MR) is 103 cm³/mol. The number of anilines is 1. The molecule has 22 heavy (non-hydrogen) atoms. The van der Waals surface area contributed by atoms with Gasteiger partial charge in [-0.25, -0.2) is 8.42 Å². The van der Waals surface area contributed by atoms with Crippen molar-refractivity contribution in [3.05, 3.63) is 29.3 Å². The van der Waals surface area contributed by atoms with Gasteiger partial charge in [-0.2, -0.15) is 0 Å². The van der Waals surface area contributed by atoms with Gasteiger partial charge in [0.25, 0.3) is 0 Å². The van der Waals surface area contributed by atoms with Crippen molar-refractivity contribution >= 4 is 45.5 Å². The van der Waals surface area contributed by atoms with Crippen molar-refractivity contribution in [2.24, 2.45) is 16.6 Å². The number of nitrogens with two attached hydrogens (primary N) is 1. The fraction of sp³-hybridized carbons (Fsp3) is 0.533. The molecular weight excluding hydrogens is 413 g/mol. The third-order valence-electron chi connectivity index (χ3n) is 3.86. The van der Waals surface area contributed by atoms with Crippen LogP contribution < -0.4 is 11.1 Å². The van der Waals surface area contributed by atoms with Crippen LogP contribution in [0.5, 0.6) is 0 Å². The van der Waals surface area contributed by atoms with E-state index in [0.29, 0.717) is 18.3 Å². The Morgan fingerprint density at radius 1 is 1.36 bits per heavy atom. The van der Waals surface area contributed by atoms with E-state index in [0.717, 1.165) is 18.5 Å². The lowest BCUT2D eigenvalue weighted by Gasteiger charge is -2.20. The second-order valence-electron chi connectivity index (χ2n) is 5.77. The van der Waals surface area contributed by atoms with Gasteiger partial charge in [-0.15, -0.1) is 24.0 Å². The molecule has 0 saturated carbocycles. The zero-order chi connectivity index (χ0) is 15.5. The Hall–Kier alpha value is -0.830. The van der Waals surface area contributed by atoms with Crippen LogP contribution in [-0.2, 0) is 9.84 Å². The van der Waals surface area contributed by atoms with Crippen LogP contribution in [-0.4, -0.2) is 32.4 Å². The van der Waals surface area contributed by atoms with Crippen molar-refractivity contribution in [1.29, 1.82) is 0 Å². The Morgan fingerprint density at radius 3 is 2.73 bits per heavy atom. The number of nitrogens with one attached hydrogen (secondary N) is 1. The minimum absolute atomic E-state index is 0. The molecule has 124 valence electrons. The number of hydrogen-bond acceptors (Lipinski definition) is 3. The van der Waals surface area contributed by atoms with Gasteiger partial charge in [-0.1, -0.05) is 6.07 Å². The van der Waals surface area contributed by atoms with Crippen LogP contribution in [0.3, 0.4) is 0 Å². The van der Waals surface area contributed by atoms with Crippen LogP contribution in [0.15, 0.2) is 23.2 Å². The van der Waals surface area contributed by atoms with E-state index in [2.05, 4.69) is 17.2 Å². The number of halogens is 1. The molecule has 0 amide bonds. The van der Waals surface area contributed by atoms with E-state index in [1.807, 2.05) is 25.1 Å². The van der Waals surface area contributed by atoms with Gasteiger partial charge >= 0.3 is 0 Å². The molecule has 1 unspecified atom stereocenters. The molecule has 5 nitrogen and oxygen atoms in total. The molecule has 0 aliphatic carbocycles. The Labute approximate surface area is 149 Å². The van der Waals surface area contributed by atoms with E-state index < -0.39 is 9.84 Å². The highest BCUT2D eigenvalue weighted by Crippen LogP contribution is 2.18. The Morgan fingerprint density at radius 2 is 2.09 bits per heavy atom. The van der Waals surface area contributed by atoms with Crippen molar-refractivity contribution in [3.8, 4) is 0 Å². The van der Waals surface area contributed by atoms with E-state index in [4.69, 9.17) is 5.73 Å². The number of benzene rings is 1. The highest BCUT2D eigenvalue weighted by Gasteiger charge is 2.24. The summed E-state index contributed by atoms with van der Waals surface area (Å²) in [5, 5.41) is 3.05. The molecule has 0 spiro atoms. The first-order valence-electron chi connectivity index (χ1n) is 7.20. The number of hydrogen-bond donors (Lipinski definition) is 2. The van der Waals surface area contributed by atoms with Gasteiger partial charge in [-0.05, 0) is 55.9 Å². The van der Waals surface area contributed by atoms with Crippen LogP contribution >= 0.6 is 24.0 Å². The summed E-state index contributed by atoms with van der Waals surface area (Å²) in [6.07, 6.45) is 1.63. The van der Waals surface area contributed by atoms with Crippen LogP contribution in [0.2, 0.25) is 0 Å². The molecule has 0 radical (unpaired) electrons. The molecule has 3 N–H and O–H groups in total. The maximum absolute atomic E-state index is 11.6. The smallest absolute Gasteiger partial charge is 0.193 e. The summed E-state index contributed by atoms with van der Waals surface area (Å²) in [5.41, 5.74) is 9.18. The zero-order valence-corrected chi connectivity index (χ0v) is 16.1. The third kappa shape index (κ3) is 5.75. The van der Waals surface area contributed by atoms with Gasteiger partial charge in [0.1, 0.15) is 0 Å². The molecule has 0 bridgehead atoms. The second kappa shape index (κ2) is 8.14. The highest BCUT2D eigenvalue weighted by atomic mass is 127. The molecule has 2 rings (SSSR count). The monoisotopic (exact) mass is 437 g/mol. The van der Waals surface area contributed by atoms with Crippen molar-refractivity contribution in [2.45, 2.75) is 26.7 Å². The maximum atomic E-state index is 11.6. The van der Waals surface area contributed by atoms with E-state index in [-0.39, 0.29) is 35.6 Å². The molecule has 1 aliphatic heterocycles. The summed E-state index contributed by atoms with van der Waals surface area (Å²) in [7, 11) is -2.88.